The first-order valence-corrected chi connectivity index (χ1v) is 12.4. The van der Waals surface area contributed by atoms with Crippen molar-refractivity contribution in [2.45, 2.75) is 13.0 Å². The Labute approximate surface area is 227 Å². The standard InChI is InChI=1S/C29H23N9O2/c1-18(33-28(39)24-25(30)35-37-15-7-14-31-27(24)37)26-34-22-11-6-8-19(12-13-20-16-36(2)17-32-20)23(22)29(40)38(26)21-9-4-3-5-10-21/h3-11,14-18H,1-2H3,(H2,30,35)(H,33,39)/t18-/m1/s1. The highest BCUT2D eigenvalue weighted by Crippen LogP contribution is 2.22. The Kier molecular flexibility index (Phi) is 6.05. The molecule has 4 aromatic heterocycles. The van der Waals surface area contributed by atoms with Crippen molar-refractivity contribution in [1.29, 1.82) is 0 Å². The molecule has 0 unspecified atom stereocenters. The first-order chi connectivity index (χ1) is 19.4. The summed E-state index contributed by atoms with van der Waals surface area (Å²) in [6.45, 7) is 1.75. The Morgan fingerprint density at radius 3 is 2.65 bits per heavy atom. The van der Waals surface area contributed by atoms with E-state index in [9.17, 15) is 9.59 Å². The maximum atomic E-state index is 14.1. The summed E-state index contributed by atoms with van der Waals surface area (Å²) in [5.41, 5.74) is 8.39. The number of fused-ring (bicyclic) bond motifs is 2. The van der Waals surface area contributed by atoms with Gasteiger partial charge in [0.05, 0.1) is 29.0 Å². The van der Waals surface area contributed by atoms with Crippen molar-refractivity contribution in [2.24, 2.45) is 7.05 Å². The van der Waals surface area contributed by atoms with Crippen molar-refractivity contribution in [3.05, 3.63) is 113 Å². The molecule has 0 aliphatic heterocycles. The number of benzene rings is 2. The van der Waals surface area contributed by atoms with Crippen LogP contribution in [0, 0.1) is 11.8 Å². The van der Waals surface area contributed by atoms with E-state index >= 15 is 0 Å². The molecule has 6 rings (SSSR count). The van der Waals surface area contributed by atoms with Crippen molar-refractivity contribution >= 4 is 28.3 Å². The number of anilines is 1. The van der Waals surface area contributed by atoms with Gasteiger partial charge in [-0.05, 0) is 43.2 Å². The number of hydrogen-bond acceptors (Lipinski definition) is 7. The van der Waals surface area contributed by atoms with Crippen LogP contribution in [0.15, 0.2) is 84.3 Å². The van der Waals surface area contributed by atoms with Gasteiger partial charge in [-0.25, -0.2) is 19.5 Å². The number of nitrogens with two attached hydrogens (primary N) is 1. The van der Waals surface area contributed by atoms with Gasteiger partial charge in [-0.2, -0.15) is 0 Å². The summed E-state index contributed by atoms with van der Waals surface area (Å²) < 4.78 is 4.74. The predicted molar refractivity (Wildman–Crippen MR) is 150 cm³/mol. The van der Waals surface area contributed by atoms with Gasteiger partial charge in [0.15, 0.2) is 11.5 Å². The molecule has 3 N–H and O–H groups in total. The summed E-state index contributed by atoms with van der Waals surface area (Å²) in [5.74, 6) is 6.01. The Morgan fingerprint density at radius 1 is 1.05 bits per heavy atom. The average molecular weight is 530 g/mol. The van der Waals surface area contributed by atoms with E-state index in [-0.39, 0.29) is 16.9 Å². The van der Waals surface area contributed by atoms with Gasteiger partial charge in [0.1, 0.15) is 17.1 Å². The monoisotopic (exact) mass is 529 g/mol. The van der Waals surface area contributed by atoms with Crippen LogP contribution in [0.1, 0.15) is 40.4 Å². The van der Waals surface area contributed by atoms with E-state index in [1.807, 2.05) is 37.4 Å². The second kappa shape index (κ2) is 9.85. The molecule has 196 valence electrons. The topological polar surface area (TPSA) is 138 Å². The van der Waals surface area contributed by atoms with Gasteiger partial charge >= 0.3 is 0 Å². The summed E-state index contributed by atoms with van der Waals surface area (Å²) in [6, 6.07) is 15.5. The third kappa shape index (κ3) is 4.33. The summed E-state index contributed by atoms with van der Waals surface area (Å²) in [5, 5.41) is 7.46. The second-order valence-electron chi connectivity index (χ2n) is 9.16. The molecule has 0 saturated carbocycles. The van der Waals surface area contributed by atoms with Crippen molar-refractivity contribution in [2.75, 3.05) is 5.73 Å². The number of aromatic nitrogens is 7. The Balaban J connectivity index is 1.48. The number of carbonyl (C=O) groups is 1. The molecule has 0 spiro atoms. The minimum atomic E-state index is -0.689. The van der Waals surface area contributed by atoms with Crippen LogP contribution >= 0.6 is 0 Å². The number of nitrogen functional groups attached to an aromatic ring is 1. The summed E-state index contributed by atoms with van der Waals surface area (Å²) in [7, 11) is 1.86. The normalized spacial score (nSPS) is 11.8. The Bertz CT molecular complexity index is 2030. The number of amides is 1. The van der Waals surface area contributed by atoms with E-state index in [1.54, 1.807) is 60.7 Å². The third-order valence-corrected chi connectivity index (χ3v) is 6.35. The fourth-order valence-electron chi connectivity index (χ4n) is 4.53. The number of imidazole rings is 1. The van der Waals surface area contributed by atoms with Gasteiger partial charge in [0, 0.05) is 31.2 Å². The third-order valence-electron chi connectivity index (χ3n) is 6.35. The van der Waals surface area contributed by atoms with Gasteiger partial charge in [-0.3, -0.25) is 14.2 Å². The minimum Gasteiger partial charge on any atom is -0.381 e. The molecular formula is C29H23N9O2. The van der Waals surface area contributed by atoms with E-state index < -0.39 is 11.9 Å². The first kappa shape index (κ1) is 24.6. The fourth-order valence-corrected chi connectivity index (χ4v) is 4.53. The van der Waals surface area contributed by atoms with Crippen molar-refractivity contribution < 1.29 is 4.79 Å². The van der Waals surface area contributed by atoms with Crippen LogP contribution in [-0.4, -0.2) is 39.6 Å². The van der Waals surface area contributed by atoms with Gasteiger partial charge in [-0.15, -0.1) is 5.10 Å². The van der Waals surface area contributed by atoms with E-state index in [1.165, 1.54) is 9.08 Å². The van der Waals surface area contributed by atoms with E-state index in [0.29, 0.717) is 39.3 Å². The van der Waals surface area contributed by atoms with Crippen LogP contribution < -0.4 is 16.6 Å². The minimum absolute atomic E-state index is 0.0476. The van der Waals surface area contributed by atoms with Gasteiger partial charge in [-0.1, -0.05) is 30.2 Å². The van der Waals surface area contributed by atoms with Gasteiger partial charge in [0.2, 0.25) is 0 Å². The highest BCUT2D eigenvalue weighted by Gasteiger charge is 2.24. The maximum absolute atomic E-state index is 14.1. The zero-order valence-corrected chi connectivity index (χ0v) is 21.6. The van der Waals surface area contributed by atoms with Crippen LogP contribution in [0.3, 0.4) is 0 Å². The first-order valence-electron chi connectivity index (χ1n) is 12.4. The maximum Gasteiger partial charge on any atom is 0.267 e. The number of para-hydroxylation sites is 1. The lowest BCUT2D eigenvalue weighted by Crippen LogP contribution is -2.33. The smallest absolute Gasteiger partial charge is 0.267 e. The molecule has 11 heteroatoms. The van der Waals surface area contributed by atoms with Crippen molar-refractivity contribution in [3.8, 4) is 17.5 Å². The molecule has 0 radical (unpaired) electrons. The second-order valence-corrected chi connectivity index (χ2v) is 9.16. The highest BCUT2D eigenvalue weighted by atomic mass is 16.2. The molecule has 4 heterocycles. The number of aryl methyl sites for hydroxylation is 1. The molecule has 0 fully saturated rings. The zero-order valence-electron chi connectivity index (χ0n) is 21.6. The van der Waals surface area contributed by atoms with Gasteiger partial charge in [0.25, 0.3) is 11.5 Å². The highest BCUT2D eigenvalue weighted by molar-refractivity contribution is 6.04. The van der Waals surface area contributed by atoms with Crippen LogP contribution in [0.25, 0.3) is 22.2 Å². The van der Waals surface area contributed by atoms with E-state index in [2.05, 4.69) is 32.2 Å². The Morgan fingerprint density at radius 2 is 1.88 bits per heavy atom. The molecule has 40 heavy (non-hydrogen) atoms. The molecule has 0 saturated heterocycles. The van der Waals surface area contributed by atoms with Crippen molar-refractivity contribution in [3.63, 3.8) is 0 Å². The molecule has 0 bridgehead atoms. The van der Waals surface area contributed by atoms with Crippen LogP contribution in [0.2, 0.25) is 0 Å². The fraction of sp³-hybridized carbons (Fsp3) is 0.103. The molecule has 1 atom stereocenters. The number of nitrogens with one attached hydrogen (secondary N) is 1. The number of carbonyl (C=O) groups excluding carboxylic acids is 1. The van der Waals surface area contributed by atoms with Gasteiger partial charge < -0.3 is 15.6 Å². The SMILES string of the molecule is C[C@@H](NC(=O)c1c(N)nn2cccnc12)c1nc2cccc(C#Cc3cn(C)cn3)c2c(=O)n1-c1ccccc1. The molecule has 6 aromatic rings. The van der Waals surface area contributed by atoms with E-state index in [0.717, 1.165) is 0 Å². The molecule has 2 aromatic carbocycles. The Hall–Kier alpha value is -5.76. The quantitative estimate of drug-likeness (QED) is 0.335. The molecule has 0 aliphatic carbocycles. The van der Waals surface area contributed by atoms with Crippen LogP contribution in [0.4, 0.5) is 5.82 Å². The molecule has 11 nitrogen and oxygen atoms in total. The lowest BCUT2D eigenvalue weighted by Gasteiger charge is -2.20. The lowest BCUT2D eigenvalue weighted by molar-refractivity contribution is 0.0940. The summed E-state index contributed by atoms with van der Waals surface area (Å²) >= 11 is 0. The summed E-state index contributed by atoms with van der Waals surface area (Å²) in [6.07, 6.45) is 6.68. The number of hydrogen-bond donors (Lipinski definition) is 2. The molecule has 0 aliphatic rings. The lowest BCUT2D eigenvalue weighted by atomic mass is 10.1. The average Bonchev–Trinajstić information content (AvgIpc) is 3.53. The summed E-state index contributed by atoms with van der Waals surface area (Å²) in [4.78, 5) is 40.8. The number of nitrogens with zero attached hydrogens (tertiary/aromatic N) is 7. The van der Waals surface area contributed by atoms with Crippen LogP contribution in [0.5, 0.6) is 0 Å². The number of rotatable bonds is 4. The molecule has 1 amide bonds. The molecular weight excluding hydrogens is 506 g/mol. The predicted octanol–water partition coefficient (Wildman–Crippen LogP) is 2.63. The zero-order chi connectivity index (χ0) is 27.8. The van der Waals surface area contributed by atoms with Crippen molar-refractivity contribution in [1.82, 2.24) is 39.0 Å². The van der Waals surface area contributed by atoms with Crippen LogP contribution in [-0.2, 0) is 7.05 Å². The van der Waals surface area contributed by atoms with E-state index in [4.69, 9.17) is 10.7 Å². The largest absolute Gasteiger partial charge is 0.381 e.